The van der Waals surface area contributed by atoms with Crippen LogP contribution in [0.15, 0.2) is 12.2 Å². The van der Waals surface area contributed by atoms with Crippen molar-refractivity contribution in [1.29, 1.82) is 0 Å². The van der Waals surface area contributed by atoms with Crippen LogP contribution in [0.25, 0.3) is 0 Å². The molecule has 0 aromatic rings. The zero-order valence-electron chi connectivity index (χ0n) is 9.96. The summed E-state index contributed by atoms with van der Waals surface area (Å²) in [6.07, 6.45) is 5.88. The SMILES string of the molecule is C=C(COC(C)=O)C1CCCCCCC1=O. The fraction of sp³-hybridized carbons (Fsp3) is 0.692. The van der Waals surface area contributed by atoms with Gasteiger partial charge < -0.3 is 4.74 Å². The number of hydrogen-bond acceptors (Lipinski definition) is 3. The number of rotatable bonds is 3. The number of esters is 1. The minimum Gasteiger partial charge on any atom is -0.461 e. The summed E-state index contributed by atoms with van der Waals surface area (Å²) in [4.78, 5) is 22.5. The molecule has 1 fully saturated rings. The Morgan fingerprint density at radius 3 is 2.75 bits per heavy atom. The Kier molecular flexibility index (Phi) is 5.23. The molecule has 0 bridgehead atoms. The molecule has 0 saturated heterocycles. The molecule has 0 radical (unpaired) electrons. The summed E-state index contributed by atoms with van der Waals surface area (Å²) in [5.74, 6) is -0.157. The molecule has 0 aromatic heterocycles. The minimum absolute atomic E-state index is 0.0975. The van der Waals surface area contributed by atoms with Crippen LogP contribution in [-0.4, -0.2) is 18.4 Å². The van der Waals surface area contributed by atoms with Crippen molar-refractivity contribution in [3.8, 4) is 0 Å². The van der Waals surface area contributed by atoms with Gasteiger partial charge in [-0.3, -0.25) is 9.59 Å². The summed E-state index contributed by atoms with van der Waals surface area (Å²) in [5, 5.41) is 0. The molecular formula is C13H20O3. The number of ether oxygens (including phenoxy) is 1. The molecule has 0 spiro atoms. The molecule has 0 amide bonds. The van der Waals surface area contributed by atoms with E-state index in [2.05, 4.69) is 6.58 Å². The molecule has 16 heavy (non-hydrogen) atoms. The first kappa shape index (κ1) is 12.9. The van der Waals surface area contributed by atoms with Gasteiger partial charge in [0.15, 0.2) is 0 Å². The van der Waals surface area contributed by atoms with E-state index in [1.807, 2.05) is 0 Å². The van der Waals surface area contributed by atoms with Gasteiger partial charge in [0.05, 0.1) is 0 Å². The van der Waals surface area contributed by atoms with E-state index in [9.17, 15) is 9.59 Å². The molecule has 1 saturated carbocycles. The van der Waals surface area contributed by atoms with E-state index in [4.69, 9.17) is 4.74 Å². The first-order valence-corrected chi connectivity index (χ1v) is 5.95. The molecule has 0 aromatic carbocycles. The summed E-state index contributed by atoms with van der Waals surface area (Å²) in [5.41, 5.74) is 0.752. The molecule has 90 valence electrons. The standard InChI is InChI=1S/C13H20O3/c1-10(9-16-11(2)14)12-7-5-3-4-6-8-13(12)15/h12H,1,3-9H2,2H3. The number of carbonyl (C=O) groups excluding carboxylic acids is 2. The summed E-state index contributed by atoms with van der Waals surface area (Å²) in [6, 6.07) is 0. The maximum Gasteiger partial charge on any atom is 0.302 e. The van der Waals surface area contributed by atoms with Crippen molar-refractivity contribution in [1.82, 2.24) is 0 Å². The van der Waals surface area contributed by atoms with Crippen molar-refractivity contribution in [3.63, 3.8) is 0 Å². The highest BCUT2D eigenvalue weighted by Crippen LogP contribution is 2.24. The summed E-state index contributed by atoms with van der Waals surface area (Å²) in [7, 11) is 0. The largest absolute Gasteiger partial charge is 0.461 e. The summed E-state index contributed by atoms with van der Waals surface area (Å²) >= 11 is 0. The lowest BCUT2D eigenvalue weighted by atomic mass is 9.85. The van der Waals surface area contributed by atoms with Crippen LogP contribution in [0.5, 0.6) is 0 Å². The van der Waals surface area contributed by atoms with Gasteiger partial charge in [-0.05, 0) is 18.4 Å². The van der Waals surface area contributed by atoms with E-state index < -0.39 is 0 Å². The molecule has 3 nitrogen and oxygen atoms in total. The predicted octanol–water partition coefficient (Wildman–Crippen LogP) is 2.65. The Balaban J connectivity index is 2.49. The number of carbonyl (C=O) groups is 2. The van der Waals surface area contributed by atoms with E-state index in [-0.39, 0.29) is 24.3 Å². The Hall–Kier alpha value is -1.12. The Labute approximate surface area is 96.9 Å². The van der Waals surface area contributed by atoms with Crippen molar-refractivity contribution < 1.29 is 14.3 Å². The van der Waals surface area contributed by atoms with Crippen molar-refractivity contribution in [2.45, 2.75) is 45.4 Å². The maximum atomic E-state index is 11.9. The lowest BCUT2D eigenvalue weighted by molar-refractivity contribution is -0.140. The first-order chi connectivity index (χ1) is 7.61. The van der Waals surface area contributed by atoms with Gasteiger partial charge in [0, 0.05) is 19.3 Å². The predicted molar refractivity (Wildman–Crippen MR) is 62.0 cm³/mol. The molecule has 1 aliphatic rings. The second-order valence-corrected chi connectivity index (χ2v) is 4.41. The smallest absolute Gasteiger partial charge is 0.302 e. The minimum atomic E-state index is -0.320. The molecule has 1 atom stereocenters. The molecule has 1 rings (SSSR count). The molecule has 3 heteroatoms. The highest BCUT2D eigenvalue weighted by molar-refractivity contribution is 5.83. The van der Waals surface area contributed by atoms with Crippen LogP contribution in [0.2, 0.25) is 0 Å². The van der Waals surface area contributed by atoms with Crippen LogP contribution >= 0.6 is 0 Å². The van der Waals surface area contributed by atoms with Gasteiger partial charge in [-0.25, -0.2) is 0 Å². The van der Waals surface area contributed by atoms with Gasteiger partial charge >= 0.3 is 5.97 Å². The van der Waals surface area contributed by atoms with E-state index in [1.165, 1.54) is 13.3 Å². The van der Waals surface area contributed by atoms with E-state index in [0.29, 0.717) is 6.42 Å². The topological polar surface area (TPSA) is 43.4 Å². The monoisotopic (exact) mass is 224 g/mol. The third-order valence-electron chi connectivity index (χ3n) is 3.01. The number of ketones is 1. The average molecular weight is 224 g/mol. The molecule has 1 unspecified atom stereocenters. The molecular weight excluding hydrogens is 204 g/mol. The van der Waals surface area contributed by atoms with Crippen LogP contribution < -0.4 is 0 Å². The van der Waals surface area contributed by atoms with Crippen molar-refractivity contribution in [2.75, 3.05) is 6.61 Å². The Morgan fingerprint density at radius 1 is 1.38 bits per heavy atom. The van der Waals surface area contributed by atoms with Gasteiger partial charge in [-0.1, -0.05) is 25.8 Å². The summed E-state index contributed by atoms with van der Waals surface area (Å²) < 4.78 is 4.89. The van der Waals surface area contributed by atoms with Gasteiger partial charge in [-0.2, -0.15) is 0 Å². The maximum absolute atomic E-state index is 11.9. The zero-order chi connectivity index (χ0) is 12.0. The molecule has 1 aliphatic carbocycles. The normalized spacial score (nSPS) is 22.1. The van der Waals surface area contributed by atoms with Crippen molar-refractivity contribution >= 4 is 11.8 Å². The number of Topliss-reactive ketones (excluding diaryl/α,β-unsaturated/α-hetero) is 1. The summed E-state index contributed by atoms with van der Waals surface area (Å²) in [6.45, 7) is 5.43. The third kappa shape index (κ3) is 4.17. The third-order valence-corrected chi connectivity index (χ3v) is 3.01. The molecule has 0 N–H and O–H groups in total. The van der Waals surface area contributed by atoms with Gasteiger partial charge in [0.25, 0.3) is 0 Å². The lowest BCUT2D eigenvalue weighted by Gasteiger charge is -2.20. The highest BCUT2D eigenvalue weighted by atomic mass is 16.5. The van der Waals surface area contributed by atoms with Crippen LogP contribution in [0.1, 0.15) is 45.4 Å². The van der Waals surface area contributed by atoms with Gasteiger partial charge in [0.1, 0.15) is 12.4 Å². The highest BCUT2D eigenvalue weighted by Gasteiger charge is 2.22. The van der Waals surface area contributed by atoms with Crippen LogP contribution in [0.3, 0.4) is 0 Å². The van der Waals surface area contributed by atoms with E-state index in [0.717, 1.165) is 31.3 Å². The van der Waals surface area contributed by atoms with Crippen molar-refractivity contribution in [2.24, 2.45) is 5.92 Å². The quantitative estimate of drug-likeness (QED) is 0.546. The molecule has 0 aliphatic heterocycles. The fourth-order valence-electron chi connectivity index (χ4n) is 2.06. The van der Waals surface area contributed by atoms with E-state index in [1.54, 1.807) is 0 Å². The lowest BCUT2D eigenvalue weighted by Crippen LogP contribution is -2.21. The average Bonchev–Trinajstić information content (AvgIpc) is 2.20. The Morgan fingerprint density at radius 2 is 2.06 bits per heavy atom. The second kappa shape index (κ2) is 6.46. The fourth-order valence-corrected chi connectivity index (χ4v) is 2.06. The first-order valence-electron chi connectivity index (χ1n) is 5.95. The van der Waals surface area contributed by atoms with E-state index >= 15 is 0 Å². The second-order valence-electron chi connectivity index (χ2n) is 4.41. The van der Waals surface area contributed by atoms with Crippen LogP contribution in [0.4, 0.5) is 0 Å². The van der Waals surface area contributed by atoms with Gasteiger partial charge in [-0.15, -0.1) is 0 Å². The Bertz CT molecular complexity index is 281. The van der Waals surface area contributed by atoms with Crippen LogP contribution in [-0.2, 0) is 14.3 Å². The zero-order valence-corrected chi connectivity index (χ0v) is 9.96. The van der Waals surface area contributed by atoms with Crippen LogP contribution in [0, 0.1) is 5.92 Å². The number of hydrogen-bond donors (Lipinski definition) is 0. The van der Waals surface area contributed by atoms with Crippen molar-refractivity contribution in [3.05, 3.63) is 12.2 Å². The van der Waals surface area contributed by atoms with Gasteiger partial charge in [0.2, 0.25) is 0 Å². The molecule has 0 heterocycles.